The van der Waals surface area contributed by atoms with Crippen molar-refractivity contribution in [2.24, 2.45) is 4.99 Å². The molecule has 0 aliphatic heterocycles. The van der Waals surface area contributed by atoms with Crippen LogP contribution in [0.4, 0.5) is 0 Å². The van der Waals surface area contributed by atoms with Gasteiger partial charge in [0, 0.05) is 19.1 Å². The van der Waals surface area contributed by atoms with Crippen LogP contribution in [0, 0.1) is 11.8 Å². The molecule has 0 N–H and O–H groups in total. The van der Waals surface area contributed by atoms with E-state index < -0.39 is 0 Å². The number of nitrogens with zero attached hydrogens (tertiary/aromatic N) is 2. The van der Waals surface area contributed by atoms with E-state index in [2.05, 4.69) is 50.5 Å². The van der Waals surface area contributed by atoms with E-state index in [4.69, 9.17) is 0 Å². The van der Waals surface area contributed by atoms with Crippen LogP contribution in [0.15, 0.2) is 43.1 Å². The molecule has 0 saturated carbocycles. The Morgan fingerprint density at radius 2 is 2.00 bits per heavy atom. The average molecular weight is 259 g/mol. The molecule has 0 aromatic rings. The first kappa shape index (κ1) is 17.4. The largest absolute Gasteiger partial charge is 0.290 e. The highest BCUT2D eigenvalue weighted by Crippen LogP contribution is 2.10. The van der Waals surface area contributed by atoms with Gasteiger partial charge in [0.2, 0.25) is 0 Å². The van der Waals surface area contributed by atoms with E-state index in [9.17, 15) is 0 Å². The Kier molecular flexibility index (Phi) is 9.48. The van der Waals surface area contributed by atoms with Gasteiger partial charge < -0.3 is 0 Å². The zero-order valence-corrected chi connectivity index (χ0v) is 12.4. The molecule has 2 heteroatoms. The highest BCUT2D eigenvalue weighted by molar-refractivity contribution is 5.70. The molecule has 19 heavy (non-hydrogen) atoms. The molecule has 0 saturated heterocycles. The Morgan fingerprint density at radius 3 is 2.53 bits per heavy atom. The van der Waals surface area contributed by atoms with Crippen molar-refractivity contribution in [1.29, 1.82) is 0 Å². The van der Waals surface area contributed by atoms with E-state index in [1.165, 1.54) is 0 Å². The Hall–Kier alpha value is -1.59. The van der Waals surface area contributed by atoms with Gasteiger partial charge in [-0.3, -0.25) is 9.48 Å². The Morgan fingerprint density at radius 1 is 1.26 bits per heavy atom. The van der Waals surface area contributed by atoms with Crippen molar-refractivity contribution >= 4 is 6.21 Å². The molecule has 0 amide bonds. The van der Waals surface area contributed by atoms with Crippen LogP contribution in [0.3, 0.4) is 0 Å². The first-order chi connectivity index (χ1) is 9.11. The summed E-state index contributed by atoms with van der Waals surface area (Å²) in [6.45, 7) is 15.2. The minimum atomic E-state index is 0.358. The van der Waals surface area contributed by atoms with Gasteiger partial charge in [-0.1, -0.05) is 31.6 Å². The maximum Gasteiger partial charge on any atom is 0.144 e. The standard InChI is InChI=1S/C17H27N2/c1-6-10-11-12-15-19(5,9-4)16-13-17(8-3)18-14-7-2/h6-7,9,14,17H,1-2,4,8,10,13,15-16H2,3,5H3/q+1. The summed E-state index contributed by atoms with van der Waals surface area (Å²) in [5, 5.41) is 0. The first-order valence-corrected chi connectivity index (χ1v) is 6.80. The van der Waals surface area contributed by atoms with Gasteiger partial charge in [-0.25, -0.2) is 0 Å². The second-order valence-electron chi connectivity index (χ2n) is 4.77. The van der Waals surface area contributed by atoms with E-state index in [-0.39, 0.29) is 0 Å². The fourth-order valence-electron chi connectivity index (χ4n) is 1.63. The van der Waals surface area contributed by atoms with E-state index >= 15 is 0 Å². The van der Waals surface area contributed by atoms with Crippen molar-refractivity contribution in [2.45, 2.75) is 32.2 Å². The first-order valence-electron chi connectivity index (χ1n) is 6.80. The van der Waals surface area contributed by atoms with Crippen molar-refractivity contribution in [2.75, 3.05) is 20.1 Å². The lowest BCUT2D eigenvalue weighted by atomic mass is 10.1. The fourth-order valence-corrected chi connectivity index (χ4v) is 1.63. The highest BCUT2D eigenvalue weighted by atomic mass is 15.3. The highest BCUT2D eigenvalue weighted by Gasteiger charge is 2.18. The van der Waals surface area contributed by atoms with Gasteiger partial charge in [-0.15, -0.1) is 6.58 Å². The SMILES string of the molecule is C=CC=NC(CC)CC[N+](C)(C=C)CC#CCC=C. The third-order valence-electron chi connectivity index (χ3n) is 3.10. The number of rotatable bonds is 9. The van der Waals surface area contributed by atoms with Crippen molar-refractivity contribution in [3.05, 3.63) is 38.1 Å². The van der Waals surface area contributed by atoms with Gasteiger partial charge in [-0.2, -0.15) is 0 Å². The van der Waals surface area contributed by atoms with E-state index in [0.29, 0.717) is 6.04 Å². The van der Waals surface area contributed by atoms with Crippen LogP contribution in [0.5, 0.6) is 0 Å². The summed E-state index contributed by atoms with van der Waals surface area (Å²) < 4.78 is 0.754. The zero-order chi connectivity index (χ0) is 14.6. The minimum absolute atomic E-state index is 0.358. The van der Waals surface area contributed by atoms with Crippen LogP contribution in [-0.2, 0) is 0 Å². The summed E-state index contributed by atoms with van der Waals surface area (Å²) in [4.78, 5) is 4.47. The second-order valence-corrected chi connectivity index (χ2v) is 4.77. The maximum atomic E-state index is 4.47. The summed E-state index contributed by atoms with van der Waals surface area (Å²) >= 11 is 0. The second kappa shape index (κ2) is 10.3. The van der Waals surface area contributed by atoms with Gasteiger partial charge >= 0.3 is 0 Å². The van der Waals surface area contributed by atoms with Crippen LogP contribution in [-0.4, -0.2) is 36.9 Å². The molecule has 0 radical (unpaired) electrons. The number of allylic oxidation sites excluding steroid dienone is 2. The van der Waals surface area contributed by atoms with Crippen molar-refractivity contribution < 1.29 is 4.48 Å². The Labute approximate surface area is 118 Å². The summed E-state index contributed by atoms with van der Waals surface area (Å²) in [5.41, 5.74) is 0. The monoisotopic (exact) mass is 259 g/mol. The third kappa shape index (κ3) is 8.18. The summed E-state index contributed by atoms with van der Waals surface area (Å²) in [7, 11) is 2.15. The van der Waals surface area contributed by atoms with Gasteiger partial charge in [0.15, 0.2) is 0 Å². The van der Waals surface area contributed by atoms with Crippen LogP contribution < -0.4 is 0 Å². The quantitative estimate of drug-likeness (QED) is 0.260. The van der Waals surface area contributed by atoms with Crippen LogP contribution in [0.2, 0.25) is 0 Å². The van der Waals surface area contributed by atoms with E-state index in [0.717, 1.165) is 36.8 Å². The molecule has 0 aromatic heterocycles. The number of hydrogen-bond donors (Lipinski definition) is 0. The summed E-state index contributed by atoms with van der Waals surface area (Å²) in [5.74, 6) is 6.27. The topological polar surface area (TPSA) is 12.4 Å². The molecule has 0 bridgehead atoms. The molecule has 0 aliphatic carbocycles. The molecular formula is C17H27N2+. The molecule has 2 atom stereocenters. The smallest absolute Gasteiger partial charge is 0.144 e. The van der Waals surface area contributed by atoms with Gasteiger partial charge in [0.1, 0.15) is 6.54 Å². The molecule has 0 aliphatic rings. The fraction of sp³-hybridized carbons (Fsp3) is 0.471. The lowest BCUT2D eigenvalue weighted by Gasteiger charge is -2.28. The number of quaternary nitrogens is 1. The predicted molar refractivity (Wildman–Crippen MR) is 86.1 cm³/mol. The molecule has 0 aromatic carbocycles. The Balaban J connectivity index is 4.40. The van der Waals surface area contributed by atoms with Crippen LogP contribution >= 0.6 is 0 Å². The summed E-state index contributed by atoms with van der Waals surface area (Å²) in [6.07, 6.45) is 10.1. The summed E-state index contributed by atoms with van der Waals surface area (Å²) in [6, 6.07) is 0.358. The number of hydrogen-bond acceptors (Lipinski definition) is 1. The molecule has 104 valence electrons. The molecular weight excluding hydrogens is 232 g/mol. The molecule has 2 nitrogen and oxygen atoms in total. The third-order valence-corrected chi connectivity index (χ3v) is 3.10. The molecule has 2 unspecified atom stereocenters. The lowest BCUT2D eigenvalue weighted by molar-refractivity contribution is -0.852. The average Bonchev–Trinajstić information content (AvgIpc) is 2.44. The van der Waals surface area contributed by atoms with Gasteiger partial charge in [-0.05, 0) is 18.9 Å². The van der Waals surface area contributed by atoms with E-state index in [1.807, 2.05) is 12.3 Å². The van der Waals surface area contributed by atoms with Gasteiger partial charge in [0.25, 0.3) is 0 Å². The molecule has 0 rings (SSSR count). The Bertz CT molecular complexity index is 370. The molecule has 0 heterocycles. The van der Waals surface area contributed by atoms with Crippen molar-refractivity contribution in [3.63, 3.8) is 0 Å². The van der Waals surface area contributed by atoms with Crippen molar-refractivity contribution in [3.8, 4) is 11.8 Å². The lowest BCUT2D eigenvalue weighted by Crippen LogP contribution is -2.40. The number of aliphatic imine (C=N–C) groups is 1. The maximum absolute atomic E-state index is 4.47. The molecule has 0 fully saturated rings. The van der Waals surface area contributed by atoms with E-state index in [1.54, 1.807) is 12.3 Å². The molecule has 0 spiro atoms. The predicted octanol–water partition coefficient (Wildman–Crippen LogP) is 3.58. The van der Waals surface area contributed by atoms with Crippen LogP contribution in [0.25, 0.3) is 0 Å². The normalized spacial score (nSPS) is 15.1. The van der Waals surface area contributed by atoms with Crippen LogP contribution in [0.1, 0.15) is 26.2 Å². The van der Waals surface area contributed by atoms with Gasteiger partial charge in [0.05, 0.1) is 25.8 Å². The minimum Gasteiger partial charge on any atom is -0.290 e. The van der Waals surface area contributed by atoms with Crippen molar-refractivity contribution in [1.82, 2.24) is 0 Å². The zero-order valence-electron chi connectivity index (χ0n) is 12.4.